The lowest BCUT2D eigenvalue weighted by atomic mass is 10.5. The van der Waals surface area contributed by atoms with Crippen LogP contribution in [-0.4, -0.2) is 48.4 Å². The second-order valence-electron chi connectivity index (χ2n) is 2.86. The van der Waals surface area contributed by atoms with Gasteiger partial charge >= 0.3 is 12.1 Å². The largest absolute Gasteiger partial charge is 0.334 e. The second-order valence-corrected chi connectivity index (χ2v) is 2.86. The van der Waals surface area contributed by atoms with Gasteiger partial charge in [0, 0.05) is 20.1 Å². The third-order valence-electron chi connectivity index (χ3n) is 1.69. The maximum absolute atomic E-state index is 11.6. The van der Waals surface area contributed by atoms with Crippen molar-refractivity contribution in [3.8, 4) is 0 Å². The van der Waals surface area contributed by atoms with E-state index >= 15 is 0 Å². The lowest BCUT2D eigenvalue weighted by molar-refractivity contribution is -0.115. The van der Waals surface area contributed by atoms with Crippen molar-refractivity contribution < 1.29 is 14.4 Å². The second kappa shape index (κ2) is 7.22. The first-order valence-corrected chi connectivity index (χ1v) is 4.57. The quantitative estimate of drug-likeness (QED) is 0.549. The number of nitrogens with zero attached hydrogens (tertiary/aromatic N) is 2. The van der Waals surface area contributed by atoms with E-state index in [1.54, 1.807) is 0 Å². The zero-order chi connectivity index (χ0) is 12.6. The Morgan fingerprint density at radius 2 is 1.94 bits per heavy atom. The maximum Gasteiger partial charge on any atom is 0.334 e. The molecule has 0 saturated heterocycles. The highest BCUT2D eigenvalue weighted by Gasteiger charge is 2.21. The van der Waals surface area contributed by atoms with E-state index in [9.17, 15) is 14.4 Å². The third kappa shape index (κ3) is 3.95. The van der Waals surface area contributed by atoms with Gasteiger partial charge < -0.3 is 5.32 Å². The smallest absolute Gasteiger partial charge is 0.334 e. The molecule has 0 aromatic carbocycles. The molecule has 6 nitrogen and oxygen atoms in total. The first kappa shape index (κ1) is 13.9. The molecule has 6 heteroatoms. The zero-order valence-corrected chi connectivity index (χ0v) is 9.18. The predicted molar refractivity (Wildman–Crippen MR) is 59.7 cm³/mol. The summed E-state index contributed by atoms with van der Waals surface area (Å²) in [6.45, 7) is 7.12. The monoisotopic (exact) mass is 225 g/mol. The average molecular weight is 225 g/mol. The number of hydrogen-bond acceptors (Lipinski definition) is 3. The summed E-state index contributed by atoms with van der Waals surface area (Å²) in [5.74, 6) is 0. The minimum atomic E-state index is -0.712. The molecule has 0 aliphatic heterocycles. The fourth-order valence-corrected chi connectivity index (χ4v) is 0.863. The SMILES string of the molecule is C=CCNC(=O)N(C)C(=O)N(C=O)CC=C. The molecular weight excluding hydrogens is 210 g/mol. The third-order valence-corrected chi connectivity index (χ3v) is 1.69. The van der Waals surface area contributed by atoms with Crippen molar-refractivity contribution in [2.45, 2.75) is 0 Å². The fourth-order valence-electron chi connectivity index (χ4n) is 0.863. The molecular formula is C10H15N3O3. The molecule has 1 N–H and O–H groups in total. The van der Waals surface area contributed by atoms with Gasteiger partial charge in [-0.3, -0.25) is 9.69 Å². The molecule has 0 aliphatic carbocycles. The molecule has 0 spiro atoms. The topological polar surface area (TPSA) is 69.7 Å². The van der Waals surface area contributed by atoms with Crippen molar-refractivity contribution in [3.63, 3.8) is 0 Å². The highest BCUT2D eigenvalue weighted by atomic mass is 16.2. The van der Waals surface area contributed by atoms with Crippen LogP contribution in [0.25, 0.3) is 0 Å². The summed E-state index contributed by atoms with van der Waals surface area (Å²) in [5, 5.41) is 2.41. The van der Waals surface area contributed by atoms with Gasteiger partial charge in [0.1, 0.15) is 0 Å². The van der Waals surface area contributed by atoms with Gasteiger partial charge in [0.15, 0.2) is 0 Å². The Balaban J connectivity index is 4.44. The van der Waals surface area contributed by atoms with Gasteiger partial charge in [-0.05, 0) is 0 Å². The van der Waals surface area contributed by atoms with Crippen LogP contribution in [-0.2, 0) is 4.79 Å². The van der Waals surface area contributed by atoms with Crippen LogP contribution in [0.15, 0.2) is 25.3 Å². The molecule has 0 heterocycles. The van der Waals surface area contributed by atoms with E-state index in [1.165, 1.54) is 19.2 Å². The normalized spacial score (nSPS) is 8.81. The standard InChI is InChI=1S/C10H15N3O3/c1-4-6-11-9(15)12(3)10(16)13(8-14)7-5-2/h4-5,8H,1-2,6-7H2,3H3,(H,11,15). The summed E-state index contributed by atoms with van der Waals surface area (Å²) in [7, 11) is 1.28. The summed E-state index contributed by atoms with van der Waals surface area (Å²) >= 11 is 0. The van der Waals surface area contributed by atoms with Crippen LogP contribution >= 0.6 is 0 Å². The minimum absolute atomic E-state index is 0.0570. The van der Waals surface area contributed by atoms with Crippen LogP contribution in [0.4, 0.5) is 9.59 Å². The van der Waals surface area contributed by atoms with Crippen molar-refractivity contribution in [2.75, 3.05) is 20.1 Å². The summed E-state index contributed by atoms with van der Waals surface area (Å²) in [4.78, 5) is 35.1. The maximum atomic E-state index is 11.6. The molecule has 0 fully saturated rings. The highest BCUT2D eigenvalue weighted by Crippen LogP contribution is 1.95. The molecule has 0 bridgehead atoms. The Bertz CT molecular complexity index is 302. The Morgan fingerprint density at radius 3 is 2.38 bits per heavy atom. The summed E-state index contributed by atoms with van der Waals surface area (Å²) in [6, 6.07) is -1.31. The molecule has 0 aromatic heterocycles. The van der Waals surface area contributed by atoms with Crippen molar-refractivity contribution in [1.82, 2.24) is 15.1 Å². The Hall–Kier alpha value is -2.11. The van der Waals surface area contributed by atoms with E-state index in [0.29, 0.717) is 6.41 Å². The molecule has 5 amide bonds. The van der Waals surface area contributed by atoms with Crippen LogP contribution in [0.3, 0.4) is 0 Å². The van der Waals surface area contributed by atoms with Crippen molar-refractivity contribution in [2.24, 2.45) is 0 Å². The van der Waals surface area contributed by atoms with Gasteiger partial charge in [-0.1, -0.05) is 12.2 Å². The van der Waals surface area contributed by atoms with E-state index in [1.807, 2.05) is 0 Å². The van der Waals surface area contributed by atoms with E-state index in [0.717, 1.165) is 9.80 Å². The zero-order valence-electron chi connectivity index (χ0n) is 9.18. The fraction of sp³-hybridized carbons (Fsp3) is 0.300. The van der Waals surface area contributed by atoms with E-state index in [4.69, 9.17) is 0 Å². The van der Waals surface area contributed by atoms with Crippen molar-refractivity contribution >= 4 is 18.5 Å². The molecule has 88 valence electrons. The predicted octanol–water partition coefficient (Wildman–Crippen LogP) is 0.578. The van der Waals surface area contributed by atoms with Gasteiger partial charge in [-0.25, -0.2) is 14.5 Å². The van der Waals surface area contributed by atoms with Crippen LogP contribution in [0.5, 0.6) is 0 Å². The molecule has 0 atom stereocenters. The summed E-state index contributed by atoms with van der Waals surface area (Å²) < 4.78 is 0. The first-order valence-electron chi connectivity index (χ1n) is 4.57. The molecule has 0 radical (unpaired) electrons. The number of rotatable bonds is 5. The molecule has 0 aromatic rings. The number of hydrogen-bond donors (Lipinski definition) is 1. The summed E-state index contributed by atoms with van der Waals surface area (Å²) in [6.07, 6.45) is 3.22. The van der Waals surface area contributed by atoms with E-state index < -0.39 is 12.1 Å². The lowest BCUT2D eigenvalue weighted by Crippen LogP contribution is -2.47. The molecule has 0 rings (SSSR count). The lowest BCUT2D eigenvalue weighted by Gasteiger charge is -2.21. The summed E-state index contributed by atoms with van der Waals surface area (Å²) in [5.41, 5.74) is 0. The van der Waals surface area contributed by atoms with Crippen LogP contribution in [0.1, 0.15) is 0 Å². The number of carbonyl (C=O) groups excluding carboxylic acids is 3. The number of imide groups is 2. The van der Waals surface area contributed by atoms with Crippen molar-refractivity contribution in [1.29, 1.82) is 0 Å². The Morgan fingerprint density at radius 1 is 1.31 bits per heavy atom. The van der Waals surface area contributed by atoms with E-state index in [-0.39, 0.29) is 13.1 Å². The molecule has 16 heavy (non-hydrogen) atoms. The Kier molecular flexibility index (Phi) is 6.27. The number of urea groups is 2. The van der Waals surface area contributed by atoms with Gasteiger partial charge in [-0.15, -0.1) is 13.2 Å². The number of nitrogens with one attached hydrogen (secondary N) is 1. The van der Waals surface area contributed by atoms with Crippen molar-refractivity contribution in [3.05, 3.63) is 25.3 Å². The van der Waals surface area contributed by atoms with Crippen LogP contribution in [0, 0.1) is 0 Å². The molecule has 0 unspecified atom stereocenters. The number of amides is 5. The number of carbonyl (C=O) groups is 3. The molecule has 0 aliphatic rings. The average Bonchev–Trinajstić information content (AvgIpc) is 2.31. The minimum Gasteiger partial charge on any atom is -0.334 e. The molecule has 0 saturated carbocycles. The van der Waals surface area contributed by atoms with E-state index in [2.05, 4.69) is 18.5 Å². The van der Waals surface area contributed by atoms with Crippen LogP contribution in [0.2, 0.25) is 0 Å². The van der Waals surface area contributed by atoms with Gasteiger partial charge in [-0.2, -0.15) is 0 Å². The first-order chi connectivity index (χ1) is 7.58. The van der Waals surface area contributed by atoms with Gasteiger partial charge in [0.2, 0.25) is 6.41 Å². The van der Waals surface area contributed by atoms with Crippen LogP contribution < -0.4 is 5.32 Å². The van der Waals surface area contributed by atoms with Gasteiger partial charge in [0.05, 0.1) is 0 Å². The van der Waals surface area contributed by atoms with Gasteiger partial charge in [0.25, 0.3) is 0 Å². The highest BCUT2D eigenvalue weighted by molar-refractivity contribution is 5.97. The Labute approximate surface area is 94.2 Å².